The summed E-state index contributed by atoms with van der Waals surface area (Å²) in [5.74, 6) is -1.20. The van der Waals surface area contributed by atoms with E-state index in [2.05, 4.69) is 5.32 Å². The summed E-state index contributed by atoms with van der Waals surface area (Å²) in [4.78, 5) is 12.3. The van der Waals surface area contributed by atoms with Crippen molar-refractivity contribution in [3.8, 4) is 5.75 Å². The monoisotopic (exact) mass is 323 g/mol. The minimum Gasteiger partial charge on any atom is -0.494 e. The molecule has 3 nitrogen and oxygen atoms in total. The van der Waals surface area contributed by atoms with E-state index in [-0.39, 0.29) is 11.7 Å². The van der Waals surface area contributed by atoms with E-state index in [0.717, 1.165) is 29.6 Å². The van der Waals surface area contributed by atoms with Crippen LogP contribution >= 0.6 is 11.8 Å². The second-order valence-corrected chi connectivity index (χ2v) is 5.42. The van der Waals surface area contributed by atoms with Gasteiger partial charge in [-0.15, -0.1) is 11.8 Å². The molecule has 0 radical (unpaired) electrons. The molecule has 0 aliphatic rings. The quantitative estimate of drug-likeness (QED) is 0.814. The zero-order chi connectivity index (χ0) is 15.9. The van der Waals surface area contributed by atoms with Crippen LogP contribution in [-0.4, -0.2) is 18.3 Å². The standard InChI is InChI=1S/C16H15F2NO2S/c1-2-21-12-5-3-11(4-6-12)19-16(20)10-22-13-7-8-14(17)15(18)9-13/h3-9H,2,10H2,1H3,(H,19,20). The predicted octanol–water partition coefficient (Wildman–Crippen LogP) is 4.09. The molecule has 6 heteroatoms. The van der Waals surface area contributed by atoms with Gasteiger partial charge >= 0.3 is 0 Å². The van der Waals surface area contributed by atoms with Crippen LogP contribution in [0.2, 0.25) is 0 Å². The molecule has 0 heterocycles. The molecule has 0 aliphatic carbocycles. The zero-order valence-corrected chi connectivity index (χ0v) is 12.8. The van der Waals surface area contributed by atoms with Gasteiger partial charge in [-0.1, -0.05) is 0 Å². The zero-order valence-electron chi connectivity index (χ0n) is 11.9. The van der Waals surface area contributed by atoms with Gasteiger partial charge in [-0.05, 0) is 49.4 Å². The van der Waals surface area contributed by atoms with Gasteiger partial charge in [0.25, 0.3) is 0 Å². The van der Waals surface area contributed by atoms with Crippen LogP contribution in [0.1, 0.15) is 6.92 Å². The third-order valence-electron chi connectivity index (χ3n) is 2.71. The highest BCUT2D eigenvalue weighted by Crippen LogP contribution is 2.21. The fraction of sp³-hybridized carbons (Fsp3) is 0.188. The Morgan fingerprint density at radius 1 is 1.14 bits per heavy atom. The Bertz CT molecular complexity index is 647. The van der Waals surface area contributed by atoms with Crippen LogP contribution in [0.4, 0.5) is 14.5 Å². The Labute approximate surface area is 131 Å². The number of anilines is 1. The van der Waals surface area contributed by atoms with Crippen LogP contribution in [0.25, 0.3) is 0 Å². The van der Waals surface area contributed by atoms with Gasteiger partial charge in [0.15, 0.2) is 11.6 Å². The largest absolute Gasteiger partial charge is 0.494 e. The minimum atomic E-state index is -0.920. The van der Waals surface area contributed by atoms with E-state index in [1.807, 2.05) is 6.92 Å². The first-order valence-corrected chi connectivity index (χ1v) is 7.67. The lowest BCUT2D eigenvalue weighted by atomic mass is 10.3. The molecule has 1 amide bonds. The first kappa shape index (κ1) is 16.3. The molecule has 2 rings (SSSR count). The van der Waals surface area contributed by atoms with E-state index < -0.39 is 11.6 Å². The molecule has 2 aromatic rings. The van der Waals surface area contributed by atoms with Crippen molar-refractivity contribution in [1.82, 2.24) is 0 Å². The van der Waals surface area contributed by atoms with Crippen molar-refractivity contribution in [1.29, 1.82) is 0 Å². The molecule has 0 aliphatic heterocycles. The number of benzene rings is 2. The van der Waals surface area contributed by atoms with E-state index in [4.69, 9.17) is 4.74 Å². The molecule has 22 heavy (non-hydrogen) atoms. The molecule has 0 spiro atoms. The number of carbonyl (C=O) groups excluding carboxylic acids is 1. The Morgan fingerprint density at radius 3 is 2.50 bits per heavy atom. The van der Waals surface area contributed by atoms with Gasteiger partial charge in [0.2, 0.25) is 5.91 Å². The molecule has 0 bridgehead atoms. The molecule has 2 aromatic carbocycles. The Hall–Kier alpha value is -2.08. The average molecular weight is 323 g/mol. The first-order valence-electron chi connectivity index (χ1n) is 6.69. The number of rotatable bonds is 6. The van der Waals surface area contributed by atoms with Crippen LogP contribution < -0.4 is 10.1 Å². The van der Waals surface area contributed by atoms with E-state index in [9.17, 15) is 13.6 Å². The number of halogens is 2. The number of ether oxygens (including phenoxy) is 1. The van der Waals surface area contributed by atoms with E-state index >= 15 is 0 Å². The number of nitrogens with one attached hydrogen (secondary N) is 1. The van der Waals surface area contributed by atoms with Crippen molar-refractivity contribution in [3.63, 3.8) is 0 Å². The van der Waals surface area contributed by atoms with Gasteiger partial charge in [-0.2, -0.15) is 0 Å². The number of amides is 1. The molecule has 0 saturated carbocycles. The lowest BCUT2D eigenvalue weighted by molar-refractivity contribution is -0.113. The lowest BCUT2D eigenvalue weighted by Crippen LogP contribution is -2.13. The highest BCUT2D eigenvalue weighted by atomic mass is 32.2. The maximum Gasteiger partial charge on any atom is 0.234 e. The summed E-state index contributed by atoms with van der Waals surface area (Å²) in [6, 6.07) is 10.6. The van der Waals surface area contributed by atoms with E-state index in [1.165, 1.54) is 6.07 Å². The fourth-order valence-electron chi connectivity index (χ4n) is 1.71. The Morgan fingerprint density at radius 2 is 1.86 bits per heavy atom. The molecule has 0 saturated heterocycles. The van der Waals surface area contributed by atoms with Crippen molar-refractivity contribution < 1.29 is 18.3 Å². The highest BCUT2D eigenvalue weighted by molar-refractivity contribution is 8.00. The molecule has 0 atom stereocenters. The third kappa shape index (κ3) is 4.73. The summed E-state index contributed by atoms with van der Waals surface area (Å²) in [6.07, 6.45) is 0. The van der Waals surface area contributed by atoms with Crippen molar-refractivity contribution >= 4 is 23.4 Å². The van der Waals surface area contributed by atoms with Crippen molar-refractivity contribution in [2.24, 2.45) is 0 Å². The third-order valence-corrected chi connectivity index (χ3v) is 3.70. The fourth-order valence-corrected chi connectivity index (χ4v) is 2.43. The SMILES string of the molecule is CCOc1ccc(NC(=O)CSc2ccc(F)c(F)c2)cc1. The topological polar surface area (TPSA) is 38.3 Å². The summed E-state index contributed by atoms with van der Waals surface area (Å²) in [6.45, 7) is 2.47. The summed E-state index contributed by atoms with van der Waals surface area (Å²) >= 11 is 1.14. The number of carbonyl (C=O) groups is 1. The second kappa shape index (κ2) is 7.79. The summed E-state index contributed by atoms with van der Waals surface area (Å²) in [7, 11) is 0. The summed E-state index contributed by atoms with van der Waals surface area (Å²) in [5.41, 5.74) is 0.652. The van der Waals surface area contributed by atoms with Crippen LogP contribution in [0.15, 0.2) is 47.4 Å². The van der Waals surface area contributed by atoms with Gasteiger partial charge in [0.1, 0.15) is 5.75 Å². The number of hydrogen-bond donors (Lipinski definition) is 1. The van der Waals surface area contributed by atoms with Crippen molar-refractivity contribution in [2.75, 3.05) is 17.7 Å². The Kier molecular flexibility index (Phi) is 5.77. The van der Waals surface area contributed by atoms with Crippen LogP contribution in [0, 0.1) is 11.6 Å². The molecule has 0 fully saturated rings. The smallest absolute Gasteiger partial charge is 0.234 e. The maximum absolute atomic E-state index is 13.1. The van der Waals surface area contributed by atoms with Crippen LogP contribution in [0.5, 0.6) is 5.75 Å². The average Bonchev–Trinajstić information content (AvgIpc) is 2.51. The van der Waals surface area contributed by atoms with Gasteiger partial charge in [0.05, 0.1) is 12.4 Å². The molecule has 0 aromatic heterocycles. The van der Waals surface area contributed by atoms with Crippen molar-refractivity contribution in [2.45, 2.75) is 11.8 Å². The lowest BCUT2D eigenvalue weighted by Gasteiger charge is -2.07. The normalized spacial score (nSPS) is 10.3. The van der Waals surface area contributed by atoms with E-state index in [0.29, 0.717) is 17.2 Å². The number of thioether (sulfide) groups is 1. The van der Waals surface area contributed by atoms with Gasteiger partial charge in [-0.25, -0.2) is 8.78 Å². The molecular formula is C16H15F2NO2S. The number of hydrogen-bond acceptors (Lipinski definition) is 3. The molecule has 116 valence electrons. The minimum absolute atomic E-state index is 0.109. The molecular weight excluding hydrogens is 308 g/mol. The molecule has 1 N–H and O–H groups in total. The van der Waals surface area contributed by atoms with Gasteiger partial charge in [-0.3, -0.25) is 4.79 Å². The van der Waals surface area contributed by atoms with Crippen LogP contribution in [0.3, 0.4) is 0 Å². The van der Waals surface area contributed by atoms with Crippen LogP contribution in [-0.2, 0) is 4.79 Å². The van der Waals surface area contributed by atoms with E-state index in [1.54, 1.807) is 24.3 Å². The van der Waals surface area contributed by atoms with Crippen molar-refractivity contribution in [3.05, 3.63) is 54.1 Å². The van der Waals surface area contributed by atoms with Gasteiger partial charge in [0, 0.05) is 10.6 Å². The predicted molar refractivity (Wildman–Crippen MR) is 83.3 cm³/mol. The maximum atomic E-state index is 13.1. The summed E-state index contributed by atoms with van der Waals surface area (Å²) < 4.78 is 31.2. The molecule has 0 unspecified atom stereocenters. The van der Waals surface area contributed by atoms with Gasteiger partial charge < -0.3 is 10.1 Å². The first-order chi connectivity index (χ1) is 10.6. The summed E-state index contributed by atoms with van der Waals surface area (Å²) in [5, 5.41) is 2.72. The Balaban J connectivity index is 1.85. The second-order valence-electron chi connectivity index (χ2n) is 4.37. The highest BCUT2D eigenvalue weighted by Gasteiger charge is 2.07.